The standard InChI is InChI=1S/C72H140O17P2/c1-6-10-13-16-19-22-24-26-28-30-32-34-37-40-46-51-56-70(75)83-61-67(88-71(76)57-52-47-41-38-35-33-31-29-27-25-23-20-17-14-11-7-2)63-86-90(78,79)84-59-66(73)60-85-91(80,81)87-64-68(62-82-69(74)55-50-45-39-36-21-18-15-12-8-3)89-72(77)58-53-48-43-42-44-49-54-65(5)9-4/h65-68,73H,6-64H2,1-5H3,(H,78,79)(H,80,81)/t65?,66-,67-,68-/m1/s1. The van der Waals surface area contributed by atoms with E-state index in [0.29, 0.717) is 25.7 Å². The molecule has 0 aromatic heterocycles. The molecule has 0 fully saturated rings. The van der Waals surface area contributed by atoms with Crippen molar-refractivity contribution >= 4 is 39.5 Å². The molecule has 0 aliphatic heterocycles. The van der Waals surface area contributed by atoms with Gasteiger partial charge in [-0.3, -0.25) is 37.3 Å². The summed E-state index contributed by atoms with van der Waals surface area (Å²) in [5, 5.41) is 10.6. The molecule has 6 atom stereocenters. The summed E-state index contributed by atoms with van der Waals surface area (Å²) in [7, 11) is -9.90. The second-order valence-corrected chi connectivity index (χ2v) is 29.1. The molecule has 0 rings (SSSR count). The Labute approximate surface area is 556 Å². The fourth-order valence-electron chi connectivity index (χ4n) is 11.0. The Balaban J connectivity index is 5.22. The van der Waals surface area contributed by atoms with Gasteiger partial charge in [-0.2, -0.15) is 0 Å². The monoisotopic (exact) mass is 1340 g/mol. The van der Waals surface area contributed by atoms with Gasteiger partial charge < -0.3 is 33.8 Å². The van der Waals surface area contributed by atoms with Crippen molar-refractivity contribution in [3.63, 3.8) is 0 Å². The van der Waals surface area contributed by atoms with Gasteiger partial charge in [0.1, 0.15) is 19.3 Å². The zero-order chi connectivity index (χ0) is 67.0. The Kier molecular flexibility index (Phi) is 64.0. The van der Waals surface area contributed by atoms with Crippen LogP contribution in [0.15, 0.2) is 0 Å². The summed E-state index contributed by atoms with van der Waals surface area (Å²) in [5.41, 5.74) is 0. The van der Waals surface area contributed by atoms with Gasteiger partial charge in [-0.1, -0.05) is 324 Å². The lowest BCUT2D eigenvalue weighted by molar-refractivity contribution is -0.161. The number of ether oxygens (including phenoxy) is 4. The number of phosphoric acid groups is 2. The highest BCUT2D eigenvalue weighted by molar-refractivity contribution is 7.47. The van der Waals surface area contributed by atoms with Crippen molar-refractivity contribution in [1.29, 1.82) is 0 Å². The van der Waals surface area contributed by atoms with Crippen molar-refractivity contribution < 1.29 is 80.2 Å². The van der Waals surface area contributed by atoms with Crippen LogP contribution in [0, 0.1) is 5.92 Å². The number of phosphoric ester groups is 2. The molecule has 91 heavy (non-hydrogen) atoms. The lowest BCUT2D eigenvalue weighted by atomic mass is 10.00. The second kappa shape index (κ2) is 65.4. The molecule has 0 aliphatic carbocycles. The van der Waals surface area contributed by atoms with Gasteiger partial charge in [-0.15, -0.1) is 0 Å². The molecule has 0 heterocycles. The maximum atomic E-state index is 13.0. The van der Waals surface area contributed by atoms with Crippen LogP contribution in [0.4, 0.5) is 0 Å². The van der Waals surface area contributed by atoms with Crippen LogP contribution in [0.5, 0.6) is 0 Å². The van der Waals surface area contributed by atoms with Gasteiger partial charge in [0.15, 0.2) is 12.2 Å². The van der Waals surface area contributed by atoms with Crippen molar-refractivity contribution in [3.8, 4) is 0 Å². The van der Waals surface area contributed by atoms with E-state index in [4.69, 9.17) is 37.0 Å². The molecular formula is C72H140O17P2. The van der Waals surface area contributed by atoms with Crippen LogP contribution in [-0.2, 0) is 65.4 Å². The Morgan fingerprint density at radius 3 is 0.780 bits per heavy atom. The fraction of sp³-hybridized carbons (Fsp3) is 0.944. The molecule has 540 valence electrons. The van der Waals surface area contributed by atoms with Crippen LogP contribution >= 0.6 is 15.6 Å². The first kappa shape index (κ1) is 89.1. The number of esters is 4. The molecule has 0 bridgehead atoms. The highest BCUT2D eigenvalue weighted by Crippen LogP contribution is 2.45. The smallest absolute Gasteiger partial charge is 0.462 e. The first-order valence-corrected chi connectivity index (χ1v) is 40.7. The quantitative estimate of drug-likeness (QED) is 0.0222. The topological polar surface area (TPSA) is 237 Å². The van der Waals surface area contributed by atoms with Crippen molar-refractivity contribution in [1.82, 2.24) is 0 Å². The molecule has 3 unspecified atom stereocenters. The SMILES string of the molecule is CCCCCCCCCCCCCCCCCCC(=O)OC[C@H](COP(=O)(O)OC[C@@H](O)COP(=O)(O)OC[C@@H](COC(=O)CCCCCCCCCCC)OC(=O)CCCCCCCCC(C)CC)OC(=O)CCCCCCCCCCCCCCCCCC. The van der Waals surface area contributed by atoms with E-state index in [2.05, 4.69) is 34.6 Å². The minimum atomic E-state index is -4.95. The summed E-state index contributed by atoms with van der Waals surface area (Å²) < 4.78 is 68.3. The summed E-state index contributed by atoms with van der Waals surface area (Å²) in [6.45, 7) is 7.20. The lowest BCUT2D eigenvalue weighted by Gasteiger charge is -2.21. The molecule has 0 aromatic carbocycles. The minimum absolute atomic E-state index is 0.103. The van der Waals surface area contributed by atoms with E-state index in [1.807, 2.05) is 0 Å². The zero-order valence-electron chi connectivity index (χ0n) is 59.0. The van der Waals surface area contributed by atoms with E-state index in [0.717, 1.165) is 95.8 Å². The van der Waals surface area contributed by atoms with Crippen LogP contribution in [0.2, 0.25) is 0 Å². The number of aliphatic hydroxyl groups excluding tert-OH is 1. The molecule has 0 spiro atoms. The van der Waals surface area contributed by atoms with E-state index in [9.17, 15) is 43.2 Å². The number of carbonyl (C=O) groups excluding carboxylic acids is 4. The van der Waals surface area contributed by atoms with E-state index in [1.54, 1.807) is 0 Å². The molecule has 0 radical (unpaired) electrons. The van der Waals surface area contributed by atoms with Gasteiger partial charge in [-0.25, -0.2) is 9.13 Å². The molecule has 19 heteroatoms. The van der Waals surface area contributed by atoms with Gasteiger partial charge in [0, 0.05) is 25.7 Å². The van der Waals surface area contributed by atoms with Crippen LogP contribution in [0.25, 0.3) is 0 Å². The van der Waals surface area contributed by atoms with Crippen molar-refractivity contribution in [2.75, 3.05) is 39.6 Å². The van der Waals surface area contributed by atoms with E-state index in [1.165, 1.54) is 199 Å². The van der Waals surface area contributed by atoms with Crippen molar-refractivity contribution in [2.45, 2.75) is 393 Å². The molecule has 0 amide bonds. The van der Waals surface area contributed by atoms with Crippen LogP contribution in [0.3, 0.4) is 0 Å². The highest BCUT2D eigenvalue weighted by atomic mass is 31.2. The third-order valence-corrected chi connectivity index (χ3v) is 19.0. The summed E-state index contributed by atoms with van der Waals surface area (Å²) >= 11 is 0. The van der Waals surface area contributed by atoms with Crippen molar-refractivity contribution in [3.05, 3.63) is 0 Å². The number of rotatable bonds is 72. The average molecular weight is 1340 g/mol. The van der Waals surface area contributed by atoms with Gasteiger partial charge in [0.2, 0.25) is 0 Å². The number of aliphatic hydroxyl groups is 1. The lowest BCUT2D eigenvalue weighted by Crippen LogP contribution is -2.30. The molecule has 0 saturated carbocycles. The zero-order valence-corrected chi connectivity index (χ0v) is 60.8. The highest BCUT2D eigenvalue weighted by Gasteiger charge is 2.30. The first-order chi connectivity index (χ1) is 44.1. The maximum absolute atomic E-state index is 13.0. The third-order valence-electron chi connectivity index (χ3n) is 17.1. The van der Waals surface area contributed by atoms with Gasteiger partial charge in [-0.05, 0) is 31.6 Å². The Bertz CT molecular complexity index is 1760. The normalized spacial score (nSPS) is 14.3. The summed E-state index contributed by atoms with van der Waals surface area (Å²) in [4.78, 5) is 72.6. The number of carbonyl (C=O) groups is 4. The van der Waals surface area contributed by atoms with E-state index in [-0.39, 0.29) is 25.7 Å². The Morgan fingerprint density at radius 1 is 0.308 bits per heavy atom. The van der Waals surface area contributed by atoms with Crippen LogP contribution < -0.4 is 0 Å². The molecular weight excluding hydrogens is 1200 g/mol. The average Bonchev–Trinajstić information content (AvgIpc) is 2.84. The van der Waals surface area contributed by atoms with Gasteiger partial charge >= 0.3 is 39.5 Å². The number of hydrogen-bond acceptors (Lipinski definition) is 15. The Morgan fingerprint density at radius 2 is 0.527 bits per heavy atom. The third kappa shape index (κ3) is 65.1. The number of unbranched alkanes of at least 4 members (excludes halogenated alkanes) is 43. The van der Waals surface area contributed by atoms with Gasteiger partial charge in [0.05, 0.1) is 26.4 Å². The van der Waals surface area contributed by atoms with E-state index < -0.39 is 97.5 Å². The predicted octanol–water partition coefficient (Wildman–Crippen LogP) is 20.9. The second-order valence-electron chi connectivity index (χ2n) is 26.2. The summed E-state index contributed by atoms with van der Waals surface area (Å²) in [5.74, 6) is -1.40. The van der Waals surface area contributed by atoms with E-state index >= 15 is 0 Å². The molecule has 17 nitrogen and oxygen atoms in total. The molecule has 0 aliphatic rings. The van der Waals surface area contributed by atoms with Crippen LogP contribution in [0.1, 0.15) is 375 Å². The van der Waals surface area contributed by atoms with Crippen LogP contribution in [-0.4, -0.2) is 96.7 Å². The predicted molar refractivity (Wildman–Crippen MR) is 368 cm³/mol. The maximum Gasteiger partial charge on any atom is 0.472 e. The molecule has 0 aromatic rings. The minimum Gasteiger partial charge on any atom is -0.462 e. The molecule has 0 saturated heterocycles. The fourth-order valence-corrected chi connectivity index (χ4v) is 12.5. The number of hydrogen-bond donors (Lipinski definition) is 3. The molecule has 3 N–H and O–H groups in total. The van der Waals surface area contributed by atoms with Gasteiger partial charge in [0.25, 0.3) is 0 Å². The van der Waals surface area contributed by atoms with Crippen molar-refractivity contribution in [2.24, 2.45) is 5.92 Å². The summed E-state index contributed by atoms with van der Waals surface area (Å²) in [6, 6.07) is 0. The first-order valence-electron chi connectivity index (χ1n) is 37.7. The largest absolute Gasteiger partial charge is 0.472 e. The Hall–Kier alpha value is -1.94. The summed E-state index contributed by atoms with van der Waals surface area (Å²) in [6.07, 6.45) is 52.7.